The van der Waals surface area contributed by atoms with Crippen molar-refractivity contribution < 1.29 is 9.11 Å². The summed E-state index contributed by atoms with van der Waals surface area (Å²) in [5.41, 5.74) is 2.67. The maximum absolute atomic E-state index is 11.5. The minimum Gasteiger partial charge on any atom is -0.331 e. The highest BCUT2D eigenvalue weighted by Crippen LogP contribution is 2.20. The van der Waals surface area contributed by atoms with Gasteiger partial charge in [0.15, 0.2) is 0 Å². The van der Waals surface area contributed by atoms with Gasteiger partial charge in [0.1, 0.15) is 0 Å². The average molecular weight is 264 g/mol. The summed E-state index contributed by atoms with van der Waals surface area (Å²) in [6.45, 7) is 5.86. The maximum atomic E-state index is 11.5. The first kappa shape index (κ1) is 13.5. The molecule has 0 saturated carbocycles. The molecule has 1 heterocycles. The zero-order valence-corrected chi connectivity index (χ0v) is 12.1. The minimum atomic E-state index is -0.886. The SMILES string of the molecule is CCC[NH+]1CC=C(c2cccc(S(C)=O)c2)CC1. The summed E-state index contributed by atoms with van der Waals surface area (Å²) in [6, 6.07) is 8.16. The molecule has 0 fully saturated rings. The molecule has 3 heteroatoms. The maximum Gasteiger partial charge on any atom is 0.0964 e. The van der Waals surface area contributed by atoms with Gasteiger partial charge in [-0.15, -0.1) is 0 Å². The third-order valence-corrected chi connectivity index (χ3v) is 4.44. The molecule has 1 aromatic carbocycles. The van der Waals surface area contributed by atoms with Crippen LogP contribution in [0.1, 0.15) is 25.3 Å². The topological polar surface area (TPSA) is 21.5 Å². The Morgan fingerprint density at radius 3 is 2.83 bits per heavy atom. The van der Waals surface area contributed by atoms with Crippen LogP contribution >= 0.6 is 0 Å². The number of nitrogens with one attached hydrogen (secondary N) is 1. The number of hydrogen-bond donors (Lipinski definition) is 1. The predicted octanol–water partition coefficient (Wildman–Crippen LogP) is 1.51. The van der Waals surface area contributed by atoms with Gasteiger partial charge in [0.25, 0.3) is 0 Å². The zero-order valence-electron chi connectivity index (χ0n) is 11.2. The third kappa shape index (κ3) is 3.30. The van der Waals surface area contributed by atoms with Crippen LogP contribution in [0, 0.1) is 0 Å². The molecule has 0 saturated heterocycles. The van der Waals surface area contributed by atoms with E-state index in [2.05, 4.69) is 25.1 Å². The standard InChI is InChI=1S/C15H21NOS/c1-3-9-16-10-7-13(8-11-16)14-5-4-6-15(12-14)18(2)17/h4-7,12H,3,8-11H2,1-2H3/p+1. The van der Waals surface area contributed by atoms with E-state index in [0.29, 0.717) is 0 Å². The molecule has 98 valence electrons. The van der Waals surface area contributed by atoms with Crippen molar-refractivity contribution in [1.82, 2.24) is 0 Å². The fourth-order valence-electron chi connectivity index (χ4n) is 2.50. The Balaban J connectivity index is 2.13. The van der Waals surface area contributed by atoms with Crippen LogP contribution in [0.15, 0.2) is 35.2 Å². The van der Waals surface area contributed by atoms with Crippen LogP contribution in [-0.2, 0) is 10.8 Å². The van der Waals surface area contributed by atoms with E-state index in [1.807, 2.05) is 12.1 Å². The lowest BCUT2D eigenvalue weighted by Gasteiger charge is -2.23. The molecular formula is C15H22NOS+. The van der Waals surface area contributed by atoms with Crippen molar-refractivity contribution in [1.29, 1.82) is 0 Å². The van der Waals surface area contributed by atoms with Gasteiger partial charge in [-0.2, -0.15) is 0 Å². The molecule has 2 atom stereocenters. The Bertz CT molecular complexity index is 467. The summed E-state index contributed by atoms with van der Waals surface area (Å²) in [6.07, 6.45) is 6.48. The quantitative estimate of drug-likeness (QED) is 0.874. The third-order valence-electron chi connectivity index (χ3n) is 3.53. The molecule has 1 aliphatic heterocycles. The van der Waals surface area contributed by atoms with Crippen LogP contribution < -0.4 is 4.90 Å². The van der Waals surface area contributed by atoms with Crippen LogP contribution in [0.3, 0.4) is 0 Å². The Morgan fingerprint density at radius 2 is 2.22 bits per heavy atom. The highest BCUT2D eigenvalue weighted by Gasteiger charge is 2.15. The van der Waals surface area contributed by atoms with Crippen molar-refractivity contribution in [3.63, 3.8) is 0 Å². The number of quaternary nitrogens is 1. The summed E-state index contributed by atoms with van der Waals surface area (Å²) in [5, 5.41) is 0. The molecule has 2 rings (SSSR count). The van der Waals surface area contributed by atoms with Gasteiger partial charge in [0, 0.05) is 28.4 Å². The van der Waals surface area contributed by atoms with Crippen LogP contribution in [-0.4, -0.2) is 30.1 Å². The molecule has 0 spiro atoms. The zero-order chi connectivity index (χ0) is 13.0. The fourth-order valence-corrected chi connectivity index (χ4v) is 3.06. The molecule has 1 aromatic rings. The van der Waals surface area contributed by atoms with Crippen molar-refractivity contribution in [3.05, 3.63) is 35.9 Å². The summed E-state index contributed by atoms with van der Waals surface area (Å²) < 4.78 is 11.5. The molecule has 0 bridgehead atoms. The molecule has 0 aromatic heterocycles. The molecule has 1 N–H and O–H groups in total. The van der Waals surface area contributed by atoms with Gasteiger partial charge in [0.2, 0.25) is 0 Å². The highest BCUT2D eigenvalue weighted by molar-refractivity contribution is 7.84. The van der Waals surface area contributed by atoms with E-state index in [1.54, 1.807) is 11.2 Å². The molecule has 0 aliphatic carbocycles. The van der Waals surface area contributed by atoms with E-state index in [4.69, 9.17) is 0 Å². The lowest BCUT2D eigenvalue weighted by Crippen LogP contribution is -3.12. The Labute approximate surface area is 112 Å². The van der Waals surface area contributed by atoms with E-state index in [0.717, 1.165) is 17.9 Å². The van der Waals surface area contributed by atoms with E-state index in [-0.39, 0.29) is 0 Å². The molecular weight excluding hydrogens is 242 g/mol. The van der Waals surface area contributed by atoms with E-state index in [1.165, 1.54) is 30.6 Å². The molecule has 2 nitrogen and oxygen atoms in total. The van der Waals surface area contributed by atoms with E-state index < -0.39 is 10.8 Å². The van der Waals surface area contributed by atoms with Gasteiger partial charge in [-0.25, -0.2) is 0 Å². The van der Waals surface area contributed by atoms with Crippen molar-refractivity contribution in [2.24, 2.45) is 0 Å². The van der Waals surface area contributed by atoms with Gasteiger partial charge < -0.3 is 4.90 Å². The Morgan fingerprint density at radius 1 is 1.39 bits per heavy atom. The summed E-state index contributed by atoms with van der Waals surface area (Å²) in [7, 11) is -0.886. The highest BCUT2D eigenvalue weighted by atomic mass is 32.2. The van der Waals surface area contributed by atoms with Crippen LogP contribution in [0.4, 0.5) is 0 Å². The molecule has 0 amide bonds. The lowest BCUT2D eigenvalue weighted by atomic mass is 9.99. The second-order valence-corrected chi connectivity index (χ2v) is 6.30. The van der Waals surface area contributed by atoms with Crippen molar-refractivity contribution >= 4 is 16.4 Å². The predicted molar refractivity (Wildman–Crippen MR) is 77.2 cm³/mol. The average Bonchev–Trinajstić information content (AvgIpc) is 2.40. The summed E-state index contributed by atoms with van der Waals surface area (Å²) >= 11 is 0. The van der Waals surface area contributed by atoms with Crippen molar-refractivity contribution in [2.45, 2.75) is 24.7 Å². The minimum absolute atomic E-state index is 0.886. The monoisotopic (exact) mass is 264 g/mol. The lowest BCUT2D eigenvalue weighted by molar-refractivity contribution is -0.895. The number of hydrogen-bond acceptors (Lipinski definition) is 1. The fraction of sp³-hybridized carbons (Fsp3) is 0.467. The van der Waals surface area contributed by atoms with Crippen molar-refractivity contribution in [2.75, 3.05) is 25.9 Å². The van der Waals surface area contributed by atoms with E-state index in [9.17, 15) is 4.21 Å². The van der Waals surface area contributed by atoms with Gasteiger partial charge >= 0.3 is 0 Å². The second kappa shape index (κ2) is 6.30. The molecule has 1 aliphatic rings. The van der Waals surface area contributed by atoms with Gasteiger partial charge in [0.05, 0.1) is 19.6 Å². The first-order valence-corrected chi connectivity index (χ1v) is 8.23. The molecule has 2 unspecified atom stereocenters. The first-order valence-electron chi connectivity index (χ1n) is 6.67. The molecule has 0 radical (unpaired) electrons. The number of rotatable bonds is 4. The normalized spacial score (nSPS) is 21.4. The Kier molecular flexibility index (Phi) is 4.72. The summed E-state index contributed by atoms with van der Waals surface area (Å²) in [5.74, 6) is 0. The second-order valence-electron chi connectivity index (χ2n) is 4.92. The van der Waals surface area contributed by atoms with Crippen molar-refractivity contribution in [3.8, 4) is 0 Å². The van der Waals surface area contributed by atoms with Crippen LogP contribution in [0.2, 0.25) is 0 Å². The molecule has 18 heavy (non-hydrogen) atoms. The van der Waals surface area contributed by atoms with Crippen LogP contribution in [0.5, 0.6) is 0 Å². The Hall–Kier alpha value is -0.930. The number of benzene rings is 1. The summed E-state index contributed by atoms with van der Waals surface area (Å²) in [4.78, 5) is 2.60. The van der Waals surface area contributed by atoms with Gasteiger partial charge in [-0.05, 0) is 35.8 Å². The smallest absolute Gasteiger partial charge is 0.0964 e. The van der Waals surface area contributed by atoms with Gasteiger partial charge in [-0.3, -0.25) is 4.21 Å². The van der Waals surface area contributed by atoms with Crippen LogP contribution in [0.25, 0.3) is 5.57 Å². The van der Waals surface area contributed by atoms with Gasteiger partial charge in [-0.1, -0.05) is 19.1 Å². The largest absolute Gasteiger partial charge is 0.331 e. The van der Waals surface area contributed by atoms with E-state index >= 15 is 0 Å². The first-order chi connectivity index (χ1) is 8.70.